The highest BCUT2D eigenvalue weighted by atomic mass is 127. The minimum Gasteiger partial charge on any atom is -0.372 e. The largest absolute Gasteiger partial charge is 0.372 e. The fourth-order valence-corrected chi connectivity index (χ4v) is 3.08. The molecule has 30 heavy (non-hydrogen) atoms. The Kier molecular flexibility index (Phi) is 12.6. The van der Waals surface area contributed by atoms with Gasteiger partial charge in [-0.1, -0.05) is 30.3 Å². The van der Waals surface area contributed by atoms with E-state index in [0.29, 0.717) is 18.7 Å². The van der Waals surface area contributed by atoms with Crippen LogP contribution in [-0.2, 0) is 6.54 Å². The third-order valence-corrected chi connectivity index (χ3v) is 4.61. The summed E-state index contributed by atoms with van der Waals surface area (Å²) in [7, 11) is 1.77. The number of aliphatic imine (C=N–C) groups is 1. The number of guanidine groups is 1. The number of anilines is 1. The van der Waals surface area contributed by atoms with Gasteiger partial charge >= 0.3 is 0 Å². The van der Waals surface area contributed by atoms with Crippen LogP contribution in [0.25, 0.3) is 0 Å². The van der Waals surface area contributed by atoms with Crippen LogP contribution in [-0.4, -0.2) is 45.1 Å². The van der Waals surface area contributed by atoms with Crippen molar-refractivity contribution >= 4 is 41.5 Å². The average molecular weight is 523 g/mol. The lowest BCUT2D eigenvalue weighted by Crippen LogP contribution is -2.38. The number of halogens is 1. The number of para-hydroxylation sites is 1. The second-order valence-corrected chi connectivity index (χ2v) is 6.68. The maximum Gasteiger partial charge on any atom is 0.251 e. The van der Waals surface area contributed by atoms with Crippen LogP contribution in [0.3, 0.4) is 0 Å². The summed E-state index contributed by atoms with van der Waals surface area (Å²) in [5.74, 6) is 0.715. The quantitative estimate of drug-likeness (QED) is 0.193. The van der Waals surface area contributed by atoms with Gasteiger partial charge in [-0.15, -0.1) is 24.0 Å². The van der Waals surface area contributed by atoms with Crippen LogP contribution < -0.4 is 20.9 Å². The molecule has 0 fully saturated rings. The maximum atomic E-state index is 12.0. The SMILES string of the molecule is CCNC(=O)c1cccc(CNC(=NC)NCCCN(CC)c2ccccc2)c1.I. The monoisotopic (exact) mass is 523 g/mol. The Bertz CT molecular complexity index is 782. The number of benzene rings is 2. The number of nitrogens with zero attached hydrogens (tertiary/aromatic N) is 2. The van der Waals surface area contributed by atoms with Gasteiger partial charge in [-0.25, -0.2) is 0 Å². The van der Waals surface area contributed by atoms with E-state index in [9.17, 15) is 4.79 Å². The molecule has 0 heterocycles. The Morgan fingerprint density at radius 3 is 2.43 bits per heavy atom. The second-order valence-electron chi connectivity index (χ2n) is 6.68. The second kappa shape index (κ2) is 14.7. The van der Waals surface area contributed by atoms with Gasteiger partial charge in [-0.2, -0.15) is 0 Å². The van der Waals surface area contributed by atoms with Crippen LogP contribution in [0.2, 0.25) is 0 Å². The zero-order valence-electron chi connectivity index (χ0n) is 18.1. The number of carbonyl (C=O) groups excluding carboxylic acids is 1. The molecular formula is C23H34IN5O. The van der Waals surface area contributed by atoms with Crippen LogP contribution in [0.1, 0.15) is 36.2 Å². The summed E-state index contributed by atoms with van der Waals surface area (Å²) in [4.78, 5) is 18.6. The van der Waals surface area contributed by atoms with Crippen molar-refractivity contribution in [3.63, 3.8) is 0 Å². The maximum absolute atomic E-state index is 12.0. The van der Waals surface area contributed by atoms with Gasteiger partial charge in [0.05, 0.1) is 0 Å². The van der Waals surface area contributed by atoms with Gasteiger partial charge in [0.25, 0.3) is 5.91 Å². The molecule has 7 heteroatoms. The smallest absolute Gasteiger partial charge is 0.251 e. The first-order chi connectivity index (χ1) is 14.2. The minimum atomic E-state index is -0.0456. The van der Waals surface area contributed by atoms with Crippen molar-refractivity contribution < 1.29 is 4.79 Å². The van der Waals surface area contributed by atoms with E-state index in [1.54, 1.807) is 7.05 Å². The van der Waals surface area contributed by atoms with Gasteiger partial charge in [-0.05, 0) is 50.1 Å². The van der Waals surface area contributed by atoms with Crippen molar-refractivity contribution in [3.05, 3.63) is 65.7 Å². The summed E-state index contributed by atoms with van der Waals surface area (Å²) in [6.07, 6.45) is 1.01. The average Bonchev–Trinajstić information content (AvgIpc) is 2.77. The van der Waals surface area contributed by atoms with Crippen molar-refractivity contribution in [1.82, 2.24) is 16.0 Å². The van der Waals surface area contributed by atoms with E-state index >= 15 is 0 Å². The Balaban J connectivity index is 0.00000450. The van der Waals surface area contributed by atoms with Crippen LogP contribution >= 0.6 is 24.0 Å². The summed E-state index contributed by atoms with van der Waals surface area (Å²) in [5.41, 5.74) is 2.97. The van der Waals surface area contributed by atoms with E-state index in [2.05, 4.69) is 57.0 Å². The number of amides is 1. The molecule has 0 unspecified atom stereocenters. The molecule has 2 aromatic rings. The van der Waals surface area contributed by atoms with Gasteiger partial charge in [0, 0.05) is 51.0 Å². The van der Waals surface area contributed by atoms with Crippen molar-refractivity contribution in [1.29, 1.82) is 0 Å². The van der Waals surface area contributed by atoms with Crippen LogP contribution in [0.4, 0.5) is 5.69 Å². The fourth-order valence-electron chi connectivity index (χ4n) is 3.08. The third-order valence-electron chi connectivity index (χ3n) is 4.61. The normalized spacial score (nSPS) is 10.7. The van der Waals surface area contributed by atoms with E-state index < -0.39 is 0 Å². The molecule has 0 aliphatic heterocycles. The predicted molar refractivity (Wildman–Crippen MR) is 137 cm³/mol. The number of rotatable bonds is 10. The lowest BCUT2D eigenvalue weighted by molar-refractivity contribution is 0.0955. The van der Waals surface area contributed by atoms with Crippen molar-refractivity contribution in [3.8, 4) is 0 Å². The molecule has 0 aliphatic rings. The number of hydrogen-bond donors (Lipinski definition) is 3. The first-order valence-electron chi connectivity index (χ1n) is 10.3. The Morgan fingerprint density at radius 1 is 1.00 bits per heavy atom. The Hall–Kier alpha value is -2.29. The summed E-state index contributed by atoms with van der Waals surface area (Å²) in [5, 5.41) is 9.50. The van der Waals surface area contributed by atoms with E-state index in [0.717, 1.165) is 37.6 Å². The van der Waals surface area contributed by atoms with Gasteiger partial charge in [0.15, 0.2) is 5.96 Å². The van der Waals surface area contributed by atoms with Crippen LogP contribution in [0, 0.1) is 0 Å². The predicted octanol–water partition coefficient (Wildman–Crippen LogP) is 3.64. The molecule has 0 aliphatic carbocycles. The molecule has 2 rings (SSSR count). The number of carbonyl (C=O) groups is 1. The molecule has 0 saturated carbocycles. The molecule has 0 radical (unpaired) electrons. The fraction of sp³-hybridized carbons (Fsp3) is 0.391. The van der Waals surface area contributed by atoms with Gasteiger partial charge in [-0.3, -0.25) is 9.79 Å². The highest BCUT2D eigenvalue weighted by Gasteiger charge is 2.06. The summed E-state index contributed by atoms with van der Waals surface area (Å²) < 4.78 is 0. The lowest BCUT2D eigenvalue weighted by Gasteiger charge is -2.23. The summed E-state index contributed by atoms with van der Waals surface area (Å²) in [6, 6.07) is 18.1. The molecule has 2 aromatic carbocycles. The van der Waals surface area contributed by atoms with E-state index in [4.69, 9.17) is 0 Å². The highest BCUT2D eigenvalue weighted by Crippen LogP contribution is 2.12. The minimum absolute atomic E-state index is 0. The van der Waals surface area contributed by atoms with Crippen molar-refractivity contribution in [2.24, 2.45) is 4.99 Å². The van der Waals surface area contributed by atoms with Crippen LogP contribution in [0.5, 0.6) is 0 Å². The molecule has 0 saturated heterocycles. The molecule has 3 N–H and O–H groups in total. The molecule has 0 bridgehead atoms. The van der Waals surface area contributed by atoms with E-state index in [1.165, 1.54) is 5.69 Å². The van der Waals surface area contributed by atoms with E-state index in [1.807, 2.05) is 37.3 Å². The molecular weight excluding hydrogens is 489 g/mol. The Labute approximate surface area is 197 Å². The standard InChI is InChI=1S/C23H33N5O.HI/c1-4-25-22(29)20-12-9-11-19(17-20)18-27-23(24-3)26-15-10-16-28(5-2)21-13-7-6-8-14-21;/h6-9,11-14,17H,4-5,10,15-16,18H2,1-3H3,(H,25,29)(H2,24,26,27);1H. The molecule has 1 amide bonds. The highest BCUT2D eigenvalue weighted by molar-refractivity contribution is 14.0. The number of hydrogen-bond acceptors (Lipinski definition) is 3. The van der Waals surface area contributed by atoms with Gasteiger partial charge in [0.1, 0.15) is 0 Å². The number of nitrogens with one attached hydrogen (secondary N) is 3. The first-order valence-corrected chi connectivity index (χ1v) is 10.3. The summed E-state index contributed by atoms with van der Waals surface area (Å²) in [6.45, 7) is 8.13. The van der Waals surface area contributed by atoms with E-state index in [-0.39, 0.29) is 29.9 Å². The summed E-state index contributed by atoms with van der Waals surface area (Å²) >= 11 is 0. The topological polar surface area (TPSA) is 68.8 Å². The first kappa shape index (κ1) is 25.7. The molecule has 164 valence electrons. The lowest BCUT2D eigenvalue weighted by atomic mass is 10.1. The van der Waals surface area contributed by atoms with Crippen LogP contribution in [0.15, 0.2) is 59.6 Å². The van der Waals surface area contributed by atoms with Crippen molar-refractivity contribution in [2.75, 3.05) is 38.1 Å². The van der Waals surface area contributed by atoms with Gasteiger partial charge in [0.2, 0.25) is 0 Å². The molecule has 0 atom stereocenters. The van der Waals surface area contributed by atoms with Gasteiger partial charge < -0.3 is 20.9 Å². The molecule has 0 aromatic heterocycles. The zero-order chi connectivity index (χ0) is 20.9. The molecule has 6 nitrogen and oxygen atoms in total. The Morgan fingerprint density at radius 2 is 1.77 bits per heavy atom. The molecule has 0 spiro atoms. The third kappa shape index (κ3) is 8.61. The van der Waals surface area contributed by atoms with Crippen molar-refractivity contribution in [2.45, 2.75) is 26.8 Å². The zero-order valence-corrected chi connectivity index (χ0v) is 20.5.